The average molecular weight is 525 g/mol. The van der Waals surface area contributed by atoms with Crippen LogP contribution < -0.4 is 11.5 Å². The number of anilines is 1. The highest BCUT2D eigenvalue weighted by Gasteiger charge is 2.71. The SMILES string of the molecule is CC(C)(C)C(OCC[Si](C)(C)C)N(C(=O)O)C1=N[C@](C)(c2cc(N)ccc2F)[C@@H]2C[C@]2(C(N)=O)S1. The van der Waals surface area contributed by atoms with Gasteiger partial charge in [0.1, 0.15) is 16.8 Å². The van der Waals surface area contributed by atoms with E-state index in [-0.39, 0.29) is 10.7 Å². The Morgan fingerprint density at radius 1 is 1.37 bits per heavy atom. The van der Waals surface area contributed by atoms with Crippen molar-refractivity contribution in [2.24, 2.45) is 22.1 Å². The number of rotatable bonds is 7. The molecule has 1 fully saturated rings. The van der Waals surface area contributed by atoms with E-state index < -0.39 is 53.7 Å². The Morgan fingerprint density at radius 2 is 2.00 bits per heavy atom. The number of amides is 2. The summed E-state index contributed by atoms with van der Waals surface area (Å²) in [6.07, 6.45) is -1.79. The molecule has 1 aromatic rings. The Kier molecular flexibility index (Phi) is 7.13. The van der Waals surface area contributed by atoms with Gasteiger partial charge in [-0.2, -0.15) is 0 Å². The first-order valence-corrected chi connectivity index (χ1v) is 16.2. The summed E-state index contributed by atoms with van der Waals surface area (Å²) in [5, 5.41) is 10.4. The zero-order valence-electron chi connectivity index (χ0n) is 21.5. The first-order chi connectivity index (χ1) is 15.9. The lowest BCUT2D eigenvalue weighted by molar-refractivity contribution is -0.118. The van der Waals surface area contributed by atoms with Crippen LogP contribution in [0.25, 0.3) is 0 Å². The zero-order chi connectivity index (χ0) is 26.6. The van der Waals surface area contributed by atoms with Crippen molar-refractivity contribution < 1.29 is 23.8 Å². The third kappa shape index (κ3) is 5.36. The Hall–Kier alpha value is -2.11. The van der Waals surface area contributed by atoms with Gasteiger partial charge in [0.05, 0.1) is 5.54 Å². The fourth-order valence-electron chi connectivity index (χ4n) is 4.55. The molecule has 0 aromatic heterocycles. The molecule has 0 radical (unpaired) electrons. The summed E-state index contributed by atoms with van der Waals surface area (Å²) in [7, 11) is -1.44. The number of nitrogens with two attached hydrogens (primary N) is 2. The number of primary amides is 1. The predicted octanol–water partition coefficient (Wildman–Crippen LogP) is 4.68. The van der Waals surface area contributed by atoms with Gasteiger partial charge < -0.3 is 21.3 Å². The van der Waals surface area contributed by atoms with Crippen molar-refractivity contribution in [1.29, 1.82) is 0 Å². The van der Waals surface area contributed by atoms with Gasteiger partial charge in [-0.05, 0) is 37.6 Å². The molecular weight excluding hydrogens is 487 g/mol. The van der Waals surface area contributed by atoms with E-state index in [4.69, 9.17) is 21.2 Å². The van der Waals surface area contributed by atoms with Gasteiger partial charge in [0.2, 0.25) is 5.91 Å². The second-order valence-corrected chi connectivity index (χ2v) is 18.9. The van der Waals surface area contributed by atoms with Crippen molar-refractivity contribution >= 4 is 42.7 Å². The lowest BCUT2D eigenvalue weighted by atomic mass is 9.85. The monoisotopic (exact) mass is 524 g/mol. The van der Waals surface area contributed by atoms with Crippen LogP contribution in [-0.4, -0.2) is 52.8 Å². The van der Waals surface area contributed by atoms with Gasteiger partial charge in [-0.25, -0.2) is 14.1 Å². The lowest BCUT2D eigenvalue weighted by Gasteiger charge is -2.42. The summed E-state index contributed by atoms with van der Waals surface area (Å²) < 4.78 is 20.1. The van der Waals surface area contributed by atoms with E-state index in [1.807, 2.05) is 20.8 Å². The van der Waals surface area contributed by atoms with Crippen molar-refractivity contribution in [3.8, 4) is 0 Å². The van der Waals surface area contributed by atoms with Gasteiger partial charge in [0, 0.05) is 37.3 Å². The molecular formula is C24H37FN4O4SSi. The summed E-state index contributed by atoms with van der Waals surface area (Å²) in [4.78, 5) is 31.2. The second kappa shape index (κ2) is 9.08. The van der Waals surface area contributed by atoms with Crippen molar-refractivity contribution in [3.63, 3.8) is 0 Å². The van der Waals surface area contributed by atoms with E-state index in [1.54, 1.807) is 6.92 Å². The molecule has 5 N–H and O–H groups in total. The molecule has 194 valence electrons. The minimum absolute atomic E-state index is 0.0716. The number of hydrogen-bond donors (Lipinski definition) is 3. The number of amidine groups is 1. The van der Waals surface area contributed by atoms with Crippen LogP contribution in [0.4, 0.5) is 14.9 Å². The fourth-order valence-corrected chi connectivity index (χ4v) is 6.83. The minimum atomic E-state index is -1.44. The quantitative estimate of drug-likeness (QED) is 0.270. The number of nitrogen functional groups attached to an aromatic ring is 1. The second-order valence-electron chi connectivity index (χ2n) is 11.9. The van der Waals surface area contributed by atoms with E-state index in [0.717, 1.165) is 22.7 Å². The molecule has 1 aliphatic carbocycles. The van der Waals surface area contributed by atoms with Crippen LogP contribution in [0.15, 0.2) is 23.2 Å². The van der Waals surface area contributed by atoms with E-state index in [9.17, 15) is 14.7 Å². The number of aliphatic imine (C=N–C) groups is 1. The van der Waals surface area contributed by atoms with Crippen molar-refractivity contribution in [2.45, 2.75) is 76.3 Å². The van der Waals surface area contributed by atoms with Gasteiger partial charge >= 0.3 is 6.09 Å². The molecule has 4 atom stereocenters. The molecule has 1 saturated carbocycles. The summed E-state index contributed by atoms with van der Waals surface area (Å²) >= 11 is 1.04. The number of thioether (sulfide) groups is 1. The molecule has 1 aliphatic heterocycles. The van der Waals surface area contributed by atoms with Crippen molar-refractivity contribution in [3.05, 3.63) is 29.6 Å². The number of carbonyl (C=O) groups excluding carboxylic acids is 1. The molecule has 35 heavy (non-hydrogen) atoms. The number of benzene rings is 1. The normalized spacial score (nSPS) is 27.0. The highest BCUT2D eigenvalue weighted by atomic mass is 32.2. The third-order valence-electron chi connectivity index (χ3n) is 6.66. The fraction of sp³-hybridized carbons (Fsp3) is 0.625. The van der Waals surface area contributed by atoms with Crippen LogP contribution in [0.5, 0.6) is 0 Å². The van der Waals surface area contributed by atoms with Gasteiger partial charge in [0.25, 0.3) is 0 Å². The molecule has 8 nitrogen and oxygen atoms in total. The van der Waals surface area contributed by atoms with Crippen LogP contribution >= 0.6 is 11.8 Å². The van der Waals surface area contributed by atoms with Crippen LogP contribution in [0.1, 0.15) is 39.7 Å². The molecule has 3 rings (SSSR count). The molecule has 11 heteroatoms. The molecule has 0 bridgehead atoms. The highest BCUT2D eigenvalue weighted by Crippen LogP contribution is 2.66. The smallest absolute Gasteiger partial charge is 0.415 e. The summed E-state index contributed by atoms with van der Waals surface area (Å²) in [6, 6.07) is 5.05. The number of halogens is 1. The largest absolute Gasteiger partial charge is 0.465 e. The number of fused-ring (bicyclic) bond motifs is 1. The standard InChI is InChI=1S/C24H37FN4O4SSi/c1-22(2,3)19(33-10-11-35(5,6)7)29(21(31)32)20-28-23(4,15-12-14(26)8-9-16(15)25)17-13-24(17,34-20)18(27)30/h8-9,12,17,19H,10-11,13,26H2,1-7H3,(H2,27,30)(H,31,32)/t17-,19?,23+,24-/m0/s1. The number of carbonyl (C=O) groups is 2. The Bertz CT molecular complexity index is 1060. The molecule has 1 unspecified atom stereocenters. The number of ether oxygens (including phenoxy) is 1. The van der Waals surface area contributed by atoms with Gasteiger partial charge in [-0.3, -0.25) is 9.79 Å². The van der Waals surface area contributed by atoms with E-state index >= 15 is 4.39 Å². The Morgan fingerprint density at radius 3 is 2.51 bits per heavy atom. The van der Waals surface area contributed by atoms with Crippen molar-refractivity contribution in [2.75, 3.05) is 12.3 Å². The van der Waals surface area contributed by atoms with E-state index in [1.165, 1.54) is 18.2 Å². The first kappa shape index (κ1) is 27.5. The number of hydrogen-bond acceptors (Lipinski definition) is 6. The molecule has 0 spiro atoms. The highest BCUT2D eigenvalue weighted by molar-refractivity contribution is 8.16. The molecule has 2 aliphatic rings. The van der Waals surface area contributed by atoms with Gasteiger partial charge in [0.15, 0.2) is 5.17 Å². The first-order valence-electron chi connectivity index (χ1n) is 11.7. The average Bonchev–Trinajstić information content (AvgIpc) is 3.44. The molecule has 0 saturated heterocycles. The number of nitrogens with zero attached hydrogens (tertiary/aromatic N) is 2. The van der Waals surface area contributed by atoms with Gasteiger partial charge in [-0.15, -0.1) is 0 Å². The van der Waals surface area contributed by atoms with Gasteiger partial charge in [-0.1, -0.05) is 52.2 Å². The van der Waals surface area contributed by atoms with Crippen LogP contribution in [0, 0.1) is 17.2 Å². The third-order valence-corrected chi connectivity index (χ3v) is 9.85. The Balaban J connectivity index is 2.12. The topological polar surface area (TPSA) is 131 Å². The van der Waals surface area contributed by atoms with Crippen LogP contribution in [0.3, 0.4) is 0 Å². The summed E-state index contributed by atoms with van der Waals surface area (Å²) in [6.45, 7) is 14.4. The summed E-state index contributed by atoms with van der Waals surface area (Å²) in [5.74, 6) is -1.50. The summed E-state index contributed by atoms with van der Waals surface area (Å²) in [5.41, 5.74) is 10.5. The van der Waals surface area contributed by atoms with E-state index in [0.29, 0.717) is 18.7 Å². The molecule has 2 amide bonds. The maximum absolute atomic E-state index is 15.0. The van der Waals surface area contributed by atoms with Crippen molar-refractivity contribution in [1.82, 2.24) is 4.90 Å². The maximum Gasteiger partial charge on any atom is 0.415 e. The van der Waals surface area contributed by atoms with Crippen LogP contribution in [0.2, 0.25) is 25.7 Å². The predicted molar refractivity (Wildman–Crippen MR) is 140 cm³/mol. The minimum Gasteiger partial charge on any atom is -0.465 e. The maximum atomic E-state index is 15.0. The molecule has 1 heterocycles. The lowest BCUT2D eigenvalue weighted by Crippen LogP contribution is -2.54. The number of carboxylic acid groups (broad SMARTS) is 1. The van der Waals surface area contributed by atoms with Crippen LogP contribution in [-0.2, 0) is 15.1 Å². The van der Waals surface area contributed by atoms with E-state index in [2.05, 4.69) is 19.6 Å². The zero-order valence-corrected chi connectivity index (χ0v) is 23.3. The molecule has 1 aromatic carbocycles. The Labute approximate surface area is 211 Å².